The second kappa shape index (κ2) is 6.25. The van der Waals surface area contributed by atoms with E-state index >= 15 is 0 Å². The average Bonchev–Trinajstić information content (AvgIpc) is 3.17. The summed E-state index contributed by atoms with van der Waals surface area (Å²) in [5.74, 6) is 0.909. The van der Waals surface area contributed by atoms with E-state index in [1.54, 1.807) is 0 Å². The zero-order chi connectivity index (χ0) is 19.4. The SMILES string of the molecule is COC(=O)NC1CC(C(=O)N2CC3CC3(c3ccc(C(C)(C)C)cc3)C2)C1.[HH]. The summed E-state index contributed by atoms with van der Waals surface area (Å²) in [7, 11) is 1.36. The number of rotatable bonds is 3. The number of fused-ring (bicyclic) bond motifs is 1. The molecule has 2 amide bonds. The maximum Gasteiger partial charge on any atom is 0.407 e. The Morgan fingerprint density at radius 1 is 1.22 bits per heavy atom. The molecule has 0 bridgehead atoms. The van der Waals surface area contributed by atoms with Crippen molar-refractivity contribution in [3.63, 3.8) is 0 Å². The van der Waals surface area contributed by atoms with Crippen molar-refractivity contribution in [1.29, 1.82) is 0 Å². The van der Waals surface area contributed by atoms with Crippen molar-refractivity contribution in [2.45, 2.75) is 56.9 Å². The van der Waals surface area contributed by atoms with Gasteiger partial charge >= 0.3 is 6.09 Å². The second-order valence-corrected chi connectivity index (χ2v) is 9.60. The molecule has 2 atom stereocenters. The summed E-state index contributed by atoms with van der Waals surface area (Å²) in [6, 6.07) is 9.11. The minimum Gasteiger partial charge on any atom is -0.453 e. The lowest BCUT2D eigenvalue weighted by Gasteiger charge is -2.37. The van der Waals surface area contributed by atoms with E-state index in [0.717, 1.165) is 25.9 Å². The highest BCUT2D eigenvalue weighted by Gasteiger charge is 2.62. The zero-order valence-electron chi connectivity index (χ0n) is 16.7. The number of carbonyl (C=O) groups is 2. The van der Waals surface area contributed by atoms with Gasteiger partial charge in [0.15, 0.2) is 0 Å². The van der Waals surface area contributed by atoms with Gasteiger partial charge in [0.05, 0.1) is 7.11 Å². The molecule has 4 rings (SSSR count). The van der Waals surface area contributed by atoms with Gasteiger partial charge in [-0.25, -0.2) is 4.79 Å². The summed E-state index contributed by atoms with van der Waals surface area (Å²) in [6.07, 6.45) is 2.24. The molecule has 2 unspecified atom stereocenters. The van der Waals surface area contributed by atoms with Gasteiger partial charge in [0, 0.05) is 31.9 Å². The van der Waals surface area contributed by atoms with Gasteiger partial charge in [-0.2, -0.15) is 0 Å². The Kier molecular flexibility index (Phi) is 4.24. The lowest BCUT2D eigenvalue weighted by atomic mass is 9.79. The predicted molar refractivity (Wildman–Crippen MR) is 106 cm³/mol. The van der Waals surface area contributed by atoms with Crippen LogP contribution in [0.5, 0.6) is 0 Å². The summed E-state index contributed by atoms with van der Waals surface area (Å²) in [6.45, 7) is 8.42. The van der Waals surface area contributed by atoms with Crippen LogP contribution in [0.2, 0.25) is 0 Å². The van der Waals surface area contributed by atoms with Crippen LogP contribution in [0.4, 0.5) is 4.79 Å². The van der Waals surface area contributed by atoms with Crippen molar-refractivity contribution in [3.05, 3.63) is 35.4 Å². The van der Waals surface area contributed by atoms with Crippen LogP contribution in [-0.2, 0) is 20.4 Å². The molecule has 1 aliphatic heterocycles. The molecule has 5 nitrogen and oxygen atoms in total. The molecule has 1 saturated heterocycles. The lowest BCUT2D eigenvalue weighted by molar-refractivity contribution is -0.138. The molecule has 0 radical (unpaired) electrons. The molecule has 148 valence electrons. The van der Waals surface area contributed by atoms with Gasteiger partial charge < -0.3 is 15.0 Å². The summed E-state index contributed by atoms with van der Waals surface area (Å²) < 4.78 is 4.62. The number of piperidine rings is 1. The lowest BCUT2D eigenvalue weighted by Crippen LogP contribution is -2.50. The van der Waals surface area contributed by atoms with Gasteiger partial charge in [0.1, 0.15) is 0 Å². The molecular weight excluding hydrogens is 340 g/mol. The number of hydrogen-bond donors (Lipinski definition) is 1. The largest absolute Gasteiger partial charge is 0.453 e. The Hall–Kier alpha value is -2.04. The van der Waals surface area contributed by atoms with Crippen LogP contribution in [0.15, 0.2) is 24.3 Å². The molecule has 3 fully saturated rings. The number of nitrogens with one attached hydrogen (secondary N) is 1. The Bertz CT molecular complexity index is 752. The van der Waals surface area contributed by atoms with Gasteiger partial charge in [0.2, 0.25) is 5.91 Å². The van der Waals surface area contributed by atoms with Crippen LogP contribution < -0.4 is 5.32 Å². The molecule has 1 heterocycles. The number of alkyl carbamates (subject to hydrolysis) is 1. The molecule has 2 aliphatic carbocycles. The highest BCUT2D eigenvalue weighted by Crippen LogP contribution is 2.59. The van der Waals surface area contributed by atoms with Crippen LogP contribution >= 0.6 is 0 Å². The molecule has 1 aromatic rings. The fourth-order valence-electron chi connectivity index (χ4n) is 4.82. The van der Waals surface area contributed by atoms with E-state index in [-0.39, 0.29) is 30.1 Å². The number of carbonyl (C=O) groups excluding carboxylic acids is 2. The molecule has 27 heavy (non-hydrogen) atoms. The first-order valence-corrected chi connectivity index (χ1v) is 9.97. The van der Waals surface area contributed by atoms with Crippen LogP contribution in [-0.4, -0.2) is 43.1 Å². The summed E-state index contributed by atoms with van der Waals surface area (Å²) in [5.41, 5.74) is 3.08. The molecule has 5 heteroatoms. The Morgan fingerprint density at radius 2 is 1.89 bits per heavy atom. The smallest absolute Gasteiger partial charge is 0.407 e. The Labute approximate surface area is 162 Å². The van der Waals surface area contributed by atoms with Crippen molar-refractivity contribution in [2.75, 3.05) is 20.2 Å². The van der Waals surface area contributed by atoms with Crippen molar-refractivity contribution in [1.82, 2.24) is 10.2 Å². The number of methoxy groups -OCH3 is 1. The van der Waals surface area contributed by atoms with E-state index in [9.17, 15) is 9.59 Å². The predicted octanol–water partition coefficient (Wildman–Crippen LogP) is 3.46. The normalized spacial score (nSPS) is 31.7. The number of nitrogens with zero attached hydrogens (tertiary/aromatic N) is 1. The third kappa shape index (κ3) is 3.21. The summed E-state index contributed by atoms with van der Waals surface area (Å²) in [5, 5.41) is 2.78. The highest BCUT2D eigenvalue weighted by molar-refractivity contribution is 5.81. The first-order valence-electron chi connectivity index (χ1n) is 9.97. The van der Waals surface area contributed by atoms with E-state index in [4.69, 9.17) is 0 Å². The van der Waals surface area contributed by atoms with Gasteiger partial charge in [-0.1, -0.05) is 45.0 Å². The van der Waals surface area contributed by atoms with E-state index < -0.39 is 6.09 Å². The maximum absolute atomic E-state index is 12.8. The summed E-state index contributed by atoms with van der Waals surface area (Å²) in [4.78, 5) is 26.1. The second-order valence-electron chi connectivity index (χ2n) is 9.60. The minimum atomic E-state index is -0.411. The minimum absolute atomic E-state index is 0. The third-order valence-electron chi connectivity index (χ3n) is 6.78. The third-order valence-corrected chi connectivity index (χ3v) is 6.78. The first kappa shape index (κ1) is 18.3. The van der Waals surface area contributed by atoms with Crippen molar-refractivity contribution in [2.24, 2.45) is 11.8 Å². The van der Waals surface area contributed by atoms with E-state index in [1.807, 2.05) is 0 Å². The molecule has 2 saturated carbocycles. The molecule has 3 aliphatic rings. The van der Waals surface area contributed by atoms with Crippen molar-refractivity contribution >= 4 is 12.0 Å². The fraction of sp³-hybridized carbons (Fsp3) is 0.636. The van der Waals surface area contributed by atoms with Crippen LogP contribution in [0, 0.1) is 11.8 Å². The van der Waals surface area contributed by atoms with E-state index in [0.29, 0.717) is 5.92 Å². The number of amides is 2. The van der Waals surface area contributed by atoms with E-state index in [2.05, 4.69) is 60.0 Å². The van der Waals surface area contributed by atoms with Gasteiger partial charge in [-0.05, 0) is 41.7 Å². The summed E-state index contributed by atoms with van der Waals surface area (Å²) >= 11 is 0. The Balaban J connectivity index is 0.00000225. The molecular formula is C22H32N2O3. The topological polar surface area (TPSA) is 58.6 Å². The van der Waals surface area contributed by atoms with Gasteiger partial charge in [-0.15, -0.1) is 0 Å². The molecule has 1 aromatic carbocycles. The number of benzene rings is 1. The van der Waals surface area contributed by atoms with E-state index in [1.165, 1.54) is 24.7 Å². The fourth-order valence-corrected chi connectivity index (χ4v) is 4.82. The zero-order valence-corrected chi connectivity index (χ0v) is 16.7. The van der Waals surface area contributed by atoms with Gasteiger partial charge in [-0.3, -0.25) is 4.79 Å². The first-order chi connectivity index (χ1) is 12.7. The maximum atomic E-state index is 12.8. The van der Waals surface area contributed by atoms with Gasteiger partial charge in [0.25, 0.3) is 0 Å². The average molecular weight is 373 g/mol. The number of hydrogen-bond acceptors (Lipinski definition) is 3. The van der Waals surface area contributed by atoms with Crippen molar-refractivity contribution < 1.29 is 15.8 Å². The van der Waals surface area contributed by atoms with Crippen LogP contribution in [0.1, 0.15) is 52.6 Å². The Morgan fingerprint density at radius 3 is 2.48 bits per heavy atom. The van der Waals surface area contributed by atoms with Crippen LogP contribution in [0.25, 0.3) is 0 Å². The highest BCUT2D eigenvalue weighted by atomic mass is 16.5. The van der Waals surface area contributed by atoms with Crippen LogP contribution in [0.3, 0.4) is 0 Å². The molecule has 0 aromatic heterocycles. The molecule has 1 N–H and O–H groups in total. The number of likely N-dealkylation sites (tertiary alicyclic amines) is 1. The number of ether oxygens (including phenoxy) is 1. The van der Waals surface area contributed by atoms with Crippen molar-refractivity contribution in [3.8, 4) is 0 Å². The molecule has 0 spiro atoms. The standard InChI is InChI=1S/C22H30N2O3.H2/c1-21(2,3)15-5-7-16(8-6-15)22-11-17(22)12-24(13-22)19(25)14-9-18(10-14)23-20(26)27-4;/h5-8,14,17-18H,9-13H2,1-4H3,(H,23,26);1H. The monoisotopic (exact) mass is 372 g/mol. The quantitative estimate of drug-likeness (QED) is 0.884.